The number of carbonyl (C=O) groups is 1. The number of hydrazine groups is 1. The van der Waals surface area contributed by atoms with Gasteiger partial charge in [0.1, 0.15) is 12.5 Å². The summed E-state index contributed by atoms with van der Waals surface area (Å²) in [6.07, 6.45) is 1.22. The van der Waals surface area contributed by atoms with Gasteiger partial charge in [-0.15, -0.1) is 5.10 Å². The van der Waals surface area contributed by atoms with Gasteiger partial charge in [-0.2, -0.15) is 0 Å². The largest absolute Gasteiger partial charge is 0.368 e. The summed E-state index contributed by atoms with van der Waals surface area (Å²) in [5.74, 6) is -0.160. The highest BCUT2D eigenvalue weighted by Gasteiger charge is 2.38. The molecule has 2 aliphatic heterocycles. The minimum absolute atomic E-state index is 0.0942. The van der Waals surface area contributed by atoms with Gasteiger partial charge in [0.15, 0.2) is 0 Å². The van der Waals surface area contributed by atoms with Crippen molar-refractivity contribution in [2.45, 2.75) is 6.17 Å². The van der Waals surface area contributed by atoms with Crippen LogP contribution in [0.25, 0.3) is 0 Å². The molecule has 0 saturated carbocycles. The van der Waals surface area contributed by atoms with E-state index in [1.54, 1.807) is 10.7 Å². The first-order valence-electron chi connectivity index (χ1n) is 8.33. The fourth-order valence-corrected chi connectivity index (χ4v) is 3.65. The number of benzene rings is 1. The van der Waals surface area contributed by atoms with E-state index >= 15 is 0 Å². The highest BCUT2D eigenvalue weighted by molar-refractivity contribution is 6.42. The van der Waals surface area contributed by atoms with E-state index in [0.29, 0.717) is 29.7 Å². The maximum Gasteiger partial charge on any atom is 0.230 e. The van der Waals surface area contributed by atoms with Crippen LogP contribution in [0.15, 0.2) is 24.5 Å². The molecule has 1 amide bonds. The van der Waals surface area contributed by atoms with Gasteiger partial charge in [-0.1, -0.05) is 23.2 Å². The molecule has 1 aromatic carbocycles. The van der Waals surface area contributed by atoms with E-state index < -0.39 is 0 Å². The minimum atomic E-state index is -0.286. The van der Waals surface area contributed by atoms with Crippen molar-refractivity contribution in [2.75, 3.05) is 37.6 Å². The molecule has 11 heteroatoms. The predicted octanol–water partition coefficient (Wildman–Crippen LogP) is 0.551. The number of hydrogen-bond acceptors (Lipinski definition) is 7. The Kier molecular flexibility index (Phi) is 4.94. The van der Waals surface area contributed by atoms with E-state index in [4.69, 9.17) is 23.2 Å². The Hall–Kier alpha value is -1.94. The van der Waals surface area contributed by atoms with E-state index in [0.717, 1.165) is 18.8 Å². The molecule has 2 saturated heterocycles. The number of hydrogen-bond donors (Lipinski definition) is 2. The lowest BCUT2D eigenvalue weighted by Crippen LogP contribution is -2.51. The van der Waals surface area contributed by atoms with Crippen LogP contribution in [0, 0.1) is 5.92 Å². The van der Waals surface area contributed by atoms with Gasteiger partial charge < -0.3 is 9.80 Å². The zero-order valence-corrected chi connectivity index (χ0v) is 15.4. The fourth-order valence-electron chi connectivity index (χ4n) is 3.36. The van der Waals surface area contributed by atoms with E-state index in [2.05, 4.69) is 31.3 Å². The van der Waals surface area contributed by atoms with Crippen molar-refractivity contribution in [3.05, 3.63) is 34.6 Å². The number of nitrogens with one attached hydrogen (secondary N) is 2. The summed E-state index contributed by atoms with van der Waals surface area (Å²) < 4.78 is 1.56. The first-order chi connectivity index (χ1) is 12.6. The molecule has 1 aromatic heterocycles. The second-order valence-electron chi connectivity index (χ2n) is 6.28. The highest BCUT2D eigenvalue weighted by Crippen LogP contribution is 2.28. The van der Waals surface area contributed by atoms with Crippen LogP contribution in [-0.2, 0) is 4.79 Å². The number of halogens is 2. The molecule has 2 aliphatic rings. The third-order valence-electron chi connectivity index (χ3n) is 4.78. The molecule has 2 atom stereocenters. The van der Waals surface area contributed by atoms with Gasteiger partial charge in [-0.25, -0.2) is 10.1 Å². The number of anilines is 1. The summed E-state index contributed by atoms with van der Waals surface area (Å²) in [4.78, 5) is 17.1. The van der Waals surface area contributed by atoms with Crippen LogP contribution in [-0.4, -0.2) is 63.7 Å². The fraction of sp³-hybridized carbons (Fsp3) is 0.467. The molecule has 3 heterocycles. The third kappa shape index (κ3) is 3.35. The molecule has 2 N–H and O–H groups in total. The maximum atomic E-state index is 13.0. The lowest BCUT2D eigenvalue weighted by Gasteiger charge is -2.37. The van der Waals surface area contributed by atoms with Crippen molar-refractivity contribution in [3.8, 4) is 0 Å². The zero-order valence-electron chi connectivity index (χ0n) is 13.8. The Morgan fingerprint density at radius 3 is 2.65 bits per heavy atom. The minimum Gasteiger partial charge on any atom is -0.368 e. The second-order valence-corrected chi connectivity index (χ2v) is 7.09. The monoisotopic (exact) mass is 396 g/mol. The number of rotatable bonds is 3. The van der Waals surface area contributed by atoms with Crippen molar-refractivity contribution >= 4 is 34.8 Å². The van der Waals surface area contributed by atoms with Gasteiger partial charge in [0.2, 0.25) is 5.91 Å². The van der Waals surface area contributed by atoms with Crippen molar-refractivity contribution < 1.29 is 4.79 Å². The van der Waals surface area contributed by atoms with E-state index in [1.807, 2.05) is 17.0 Å². The van der Waals surface area contributed by atoms with E-state index in [1.165, 1.54) is 6.33 Å². The average Bonchev–Trinajstić information content (AvgIpc) is 3.34. The van der Waals surface area contributed by atoms with Crippen LogP contribution >= 0.6 is 23.2 Å². The second kappa shape index (κ2) is 7.36. The summed E-state index contributed by atoms with van der Waals surface area (Å²) >= 11 is 12.1. The van der Waals surface area contributed by atoms with Gasteiger partial charge in [-0.05, 0) is 28.6 Å². The first-order valence-corrected chi connectivity index (χ1v) is 9.09. The van der Waals surface area contributed by atoms with Crippen LogP contribution < -0.4 is 15.8 Å². The van der Waals surface area contributed by atoms with Gasteiger partial charge in [0.25, 0.3) is 0 Å². The normalized spacial score (nSPS) is 23.5. The van der Waals surface area contributed by atoms with Crippen LogP contribution in [0.2, 0.25) is 10.0 Å². The van der Waals surface area contributed by atoms with Gasteiger partial charge >= 0.3 is 0 Å². The molecule has 0 spiro atoms. The third-order valence-corrected chi connectivity index (χ3v) is 5.52. The zero-order chi connectivity index (χ0) is 18.1. The summed E-state index contributed by atoms with van der Waals surface area (Å²) in [7, 11) is 0. The number of tetrazole rings is 1. The predicted molar refractivity (Wildman–Crippen MR) is 96.7 cm³/mol. The SMILES string of the molecule is O=C(C1CNNC1n1cnnn1)N1CCN(c2ccc(Cl)c(Cl)c2)CC1. The van der Waals surface area contributed by atoms with E-state index in [-0.39, 0.29) is 18.0 Å². The molecular weight excluding hydrogens is 379 g/mol. The molecule has 0 radical (unpaired) electrons. The lowest BCUT2D eigenvalue weighted by molar-refractivity contribution is -0.136. The first kappa shape index (κ1) is 17.5. The molecule has 2 unspecified atom stereocenters. The van der Waals surface area contributed by atoms with Crippen LogP contribution in [0.1, 0.15) is 6.17 Å². The molecule has 2 fully saturated rings. The van der Waals surface area contributed by atoms with Crippen molar-refractivity contribution in [2.24, 2.45) is 5.92 Å². The molecule has 4 rings (SSSR count). The number of amides is 1. The molecule has 26 heavy (non-hydrogen) atoms. The molecular formula is C15H18Cl2N8O. The van der Waals surface area contributed by atoms with Gasteiger partial charge in [0.05, 0.1) is 16.0 Å². The average molecular weight is 397 g/mol. The molecule has 0 bridgehead atoms. The number of piperazine rings is 1. The lowest BCUT2D eigenvalue weighted by atomic mass is 10.1. The summed E-state index contributed by atoms with van der Waals surface area (Å²) in [6, 6.07) is 5.60. The Labute approximate surface area is 160 Å². The van der Waals surface area contributed by atoms with Crippen LogP contribution in [0.4, 0.5) is 5.69 Å². The number of nitrogens with zero attached hydrogens (tertiary/aromatic N) is 6. The Bertz CT molecular complexity index is 778. The Balaban J connectivity index is 1.39. The maximum absolute atomic E-state index is 13.0. The quantitative estimate of drug-likeness (QED) is 0.782. The highest BCUT2D eigenvalue weighted by atomic mass is 35.5. The van der Waals surface area contributed by atoms with Crippen LogP contribution in [0.3, 0.4) is 0 Å². The molecule has 2 aromatic rings. The van der Waals surface area contributed by atoms with Gasteiger partial charge in [0, 0.05) is 38.4 Å². The Morgan fingerprint density at radius 1 is 1.15 bits per heavy atom. The van der Waals surface area contributed by atoms with Gasteiger partial charge in [-0.3, -0.25) is 10.2 Å². The number of aromatic nitrogens is 4. The summed E-state index contributed by atoms with van der Waals surface area (Å²) in [5.41, 5.74) is 7.10. The summed E-state index contributed by atoms with van der Waals surface area (Å²) in [6.45, 7) is 3.33. The van der Waals surface area contributed by atoms with Crippen molar-refractivity contribution in [3.63, 3.8) is 0 Å². The summed E-state index contributed by atoms with van der Waals surface area (Å²) in [5, 5.41) is 12.3. The van der Waals surface area contributed by atoms with E-state index in [9.17, 15) is 4.79 Å². The molecule has 138 valence electrons. The Morgan fingerprint density at radius 2 is 1.96 bits per heavy atom. The number of carbonyl (C=O) groups excluding carboxylic acids is 1. The topological polar surface area (TPSA) is 91.2 Å². The molecule has 0 aliphatic carbocycles. The van der Waals surface area contributed by atoms with Crippen molar-refractivity contribution in [1.82, 2.24) is 36.0 Å². The smallest absolute Gasteiger partial charge is 0.230 e. The molecule has 9 nitrogen and oxygen atoms in total. The van der Waals surface area contributed by atoms with Crippen LogP contribution in [0.5, 0.6) is 0 Å². The van der Waals surface area contributed by atoms with Crippen molar-refractivity contribution in [1.29, 1.82) is 0 Å². The standard InChI is InChI=1S/C15H18Cl2N8O/c16-12-2-1-10(7-13(12)17)23-3-5-24(6-4-23)15(26)11-8-18-20-14(11)25-9-19-21-22-25/h1-2,7,9,11,14,18,20H,3-6,8H2.